The molecule has 1 aliphatic carbocycles. The molecular weight excluding hydrogens is 352 g/mol. The Morgan fingerprint density at radius 3 is 2.58 bits per heavy atom. The molecule has 0 spiro atoms. The van der Waals surface area contributed by atoms with Gasteiger partial charge >= 0.3 is 0 Å². The summed E-state index contributed by atoms with van der Waals surface area (Å²) in [6.45, 7) is 3.47. The maximum atomic E-state index is 13.0. The summed E-state index contributed by atoms with van der Waals surface area (Å²) in [5.41, 5.74) is 2.41. The van der Waals surface area contributed by atoms with Gasteiger partial charge < -0.3 is 10.0 Å². The van der Waals surface area contributed by atoms with Gasteiger partial charge in [0.15, 0.2) is 0 Å². The molecule has 0 unspecified atom stereocenters. The van der Waals surface area contributed by atoms with E-state index in [9.17, 15) is 13.2 Å². The van der Waals surface area contributed by atoms with Crippen LogP contribution in [-0.4, -0.2) is 61.4 Å². The first-order valence-electron chi connectivity index (χ1n) is 9.49. The molecule has 1 N–H and O–H groups in total. The first-order valence-corrected chi connectivity index (χ1v) is 10.9. The lowest BCUT2D eigenvalue weighted by Gasteiger charge is -2.33. The molecule has 0 aromatic heterocycles. The summed E-state index contributed by atoms with van der Waals surface area (Å²) < 4.78 is 27.4. The van der Waals surface area contributed by atoms with E-state index in [4.69, 9.17) is 5.11 Å². The van der Waals surface area contributed by atoms with Crippen molar-refractivity contribution in [2.45, 2.75) is 43.9 Å². The van der Waals surface area contributed by atoms with Crippen molar-refractivity contribution in [1.29, 1.82) is 0 Å². The van der Waals surface area contributed by atoms with Crippen molar-refractivity contribution in [2.75, 3.05) is 32.8 Å². The van der Waals surface area contributed by atoms with Crippen molar-refractivity contribution in [1.82, 2.24) is 9.21 Å². The number of aliphatic hydroxyl groups excluding tert-OH is 1. The smallest absolute Gasteiger partial charge is 0.243 e. The average Bonchev–Trinajstić information content (AvgIpc) is 3.13. The van der Waals surface area contributed by atoms with Crippen LogP contribution in [0.1, 0.15) is 37.3 Å². The second kappa shape index (κ2) is 8.06. The van der Waals surface area contributed by atoms with Crippen molar-refractivity contribution < 1.29 is 18.3 Å². The van der Waals surface area contributed by atoms with Crippen LogP contribution >= 0.6 is 0 Å². The average molecular weight is 381 g/mol. The summed E-state index contributed by atoms with van der Waals surface area (Å²) in [4.78, 5) is 14.5. The number of carbonyl (C=O) groups is 1. The zero-order valence-corrected chi connectivity index (χ0v) is 16.2. The number of hydrogen-bond acceptors (Lipinski definition) is 4. The number of aryl methyl sites for hydroxylation is 2. The summed E-state index contributed by atoms with van der Waals surface area (Å²) in [5, 5.41) is 9.08. The number of likely N-dealkylation sites (N-methyl/N-ethyl adjacent to an activating group) is 1. The Labute approximate surface area is 155 Å². The van der Waals surface area contributed by atoms with Crippen molar-refractivity contribution in [2.24, 2.45) is 5.92 Å². The van der Waals surface area contributed by atoms with Crippen LogP contribution in [0.3, 0.4) is 0 Å². The Kier molecular flexibility index (Phi) is 5.99. The van der Waals surface area contributed by atoms with Crippen molar-refractivity contribution in [3.63, 3.8) is 0 Å². The number of nitrogens with zero attached hydrogens (tertiary/aromatic N) is 2. The number of amides is 1. The Balaban J connectivity index is 1.66. The lowest BCUT2D eigenvalue weighted by molar-refractivity contribution is -0.137. The Hall–Kier alpha value is -1.44. The molecule has 1 heterocycles. The number of piperidine rings is 1. The normalized spacial score (nSPS) is 18.7. The van der Waals surface area contributed by atoms with Crippen LogP contribution < -0.4 is 0 Å². The molecule has 144 valence electrons. The number of sulfonamides is 1. The molecule has 1 aromatic rings. The Bertz CT molecular complexity index is 755. The van der Waals surface area contributed by atoms with Crippen LogP contribution in [0.5, 0.6) is 0 Å². The van der Waals surface area contributed by atoms with Crippen molar-refractivity contribution in [3.8, 4) is 0 Å². The predicted molar refractivity (Wildman–Crippen MR) is 99.3 cm³/mol. The number of benzene rings is 1. The van der Waals surface area contributed by atoms with Gasteiger partial charge in [-0.05, 0) is 62.3 Å². The summed E-state index contributed by atoms with van der Waals surface area (Å²) in [5.74, 6) is -0.135. The minimum atomic E-state index is -3.50. The highest BCUT2D eigenvalue weighted by Crippen LogP contribution is 2.29. The van der Waals surface area contributed by atoms with Gasteiger partial charge in [-0.2, -0.15) is 4.31 Å². The third kappa shape index (κ3) is 3.80. The van der Waals surface area contributed by atoms with E-state index in [1.54, 1.807) is 11.0 Å². The van der Waals surface area contributed by atoms with Crippen LogP contribution in [0.25, 0.3) is 0 Å². The first-order chi connectivity index (χ1) is 12.5. The molecule has 1 fully saturated rings. The van der Waals surface area contributed by atoms with Crippen LogP contribution in [0, 0.1) is 5.92 Å². The van der Waals surface area contributed by atoms with Crippen LogP contribution in [-0.2, 0) is 27.7 Å². The van der Waals surface area contributed by atoms with Crippen LogP contribution in [0.4, 0.5) is 0 Å². The van der Waals surface area contributed by atoms with Crippen molar-refractivity contribution in [3.05, 3.63) is 29.3 Å². The fourth-order valence-corrected chi connectivity index (χ4v) is 5.52. The van der Waals surface area contributed by atoms with E-state index >= 15 is 0 Å². The minimum Gasteiger partial charge on any atom is -0.395 e. The van der Waals surface area contributed by atoms with E-state index in [2.05, 4.69) is 0 Å². The summed E-state index contributed by atoms with van der Waals surface area (Å²) in [6, 6.07) is 5.49. The van der Waals surface area contributed by atoms with E-state index in [1.807, 2.05) is 19.1 Å². The lowest BCUT2D eigenvalue weighted by Crippen LogP contribution is -2.45. The molecule has 1 saturated heterocycles. The summed E-state index contributed by atoms with van der Waals surface area (Å²) >= 11 is 0. The van der Waals surface area contributed by atoms with Gasteiger partial charge in [0.1, 0.15) is 0 Å². The van der Waals surface area contributed by atoms with Gasteiger partial charge in [-0.15, -0.1) is 0 Å². The third-order valence-electron chi connectivity index (χ3n) is 5.57. The highest BCUT2D eigenvalue weighted by molar-refractivity contribution is 7.89. The van der Waals surface area contributed by atoms with Gasteiger partial charge in [-0.25, -0.2) is 8.42 Å². The second-order valence-corrected chi connectivity index (χ2v) is 9.04. The Morgan fingerprint density at radius 1 is 1.23 bits per heavy atom. The maximum absolute atomic E-state index is 13.0. The number of fused-ring (bicyclic) bond motifs is 1. The topological polar surface area (TPSA) is 77.9 Å². The van der Waals surface area contributed by atoms with Crippen LogP contribution in [0.2, 0.25) is 0 Å². The number of rotatable bonds is 6. The van der Waals surface area contributed by atoms with Crippen LogP contribution in [0.15, 0.2) is 23.1 Å². The molecule has 1 amide bonds. The molecule has 0 bridgehead atoms. The molecule has 6 nitrogen and oxygen atoms in total. The quantitative estimate of drug-likeness (QED) is 0.810. The molecular formula is C19H28N2O4S. The molecule has 0 saturated carbocycles. The summed E-state index contributed by atoms with van der Waals surface area (Å²) in [6.07, 6.45) is 4.14. The number of hydrogen-bond donors (Lipinski definition) is 1. The first kappa shape index (κ1) is 19.3. The van der Waals surface area contributed by atoms with E-state index in [1.165, 1.54) is 9.87 Å². The number of carbonyl (C=O) groups excluding carboxylic acids is 1. The SMILES string of the molecule is CCN(CCO)C(=O)C1CCN(S(=O)(=O)c2ccc3c(c2)CCC3)CC1. The highest BCUT2D eigenvalue weighted by Gasteiger charge is 2.33. The highest BCUT2D eigenvalue weighted by atomic mass is 32.2. The van der Waals surface area contributed by atoms with Crippen molar-refractivity contribution >= 4 is 15.9 Å². The van der Waals surface area contributed by atoms with Gasteiger partial charge in [0, 0.05) is 32.1 Å². The molecule has 1 aromatic carbocycles. The van der Waals surface area contributed by atoms with E-state index in [-0.39, 0.29) is 18.4 Å². The van der Waals surface area contributed by atoms with E-state index in [0.29, 0.717) is 43.9 Å². The molecule has 2 aliphatic rings. The molecule has 26 heavy (non-hydrogen) atoms. The zero-order valence-electron chi connectivity index (χ0n) is 15.4. The van der Waals surface area contributed by atoms with Gasteiger partial charge in [0.05, 0.1) is 11.5 Å². The molecule has 3 rings (SSSR count). The second-order valence-electron chi connectivity index (χ2n) is 7.10. The molecule has 1 aliphatic heterocycles. The molecule has 0 radical (unpaired) electrons. The number of aliphatic hydroxyl groups is 1. The molecule has 7 heteroatoms. The fourth-order valence-electron chi connectivity index (χ4n) is 4.00. The standard InChI is InChI=1S/C19H28N2O4S/c1-2-20(12-13-22)19(23)16-8-10-21(11-9-16)26(24,25)18-7-6-15-4-3-5-17(15)14-18/h6-7,14,16,22H,2-5,8-13H2,1H3. The zero-order chi connectivity index (χ0) is 18.7. The summed E-state index contributed by atoms with van der Waals surface area (Å²) in [7, 11) is -3.50. The van der Waals surface area contributed by atoms with Gasteiger partial charge in [-0.1, -0.05) is 6.07 Å². The fraction of sp³-hybridized carbons (Fsp3) is 0.632. The monoisotopic (exact) mass is 380 g/mol. The largest absolute Gasteiger partial charge is 0.395 e. The van der Waals surface area contributed by atoms with E-state index in [0.717, 1.165) is 24.8 Å². The van der Waals surface area contributed by atoms with E-state index < -0.39 is 10.0 Å². The van der Waals surface area contributed by atoms with Gasteiger partial charge in [0.2, 0.25) is 15.9 Å². The van der Waals surface area contributed by atoms with Gasteiger partial charge in [0.25, 0.3) is 0 Å². The lowest BCUT2D eigenvalue weighted by atomic mass is 9.96. The minimum absolute atomic E-state index is 0.0242. The maximum Gasteiger partial charge on any atom is 0.243 e. The van der Waals surface area contributed by atoms with Gasteiger partial charge in [-0.3, -0.25) is 4.79 Å². The third-order valence-corrected chi connectivity index (χ3v) is 7.47. The molecule has 0 atom stereocenters. The Morgan fingerprint density at radius 2 is 1.92 bits per heavy atom. The predicted octanol–water partition coefficient (Wildman–Crippen LogP) is 1.42.